The van der Waals surface area contributed by atoms with Crippen LogP contribution >= 0.6 is 0 Å². The lowest BCUT2D eigenvalue weighted by Gasteiger charge is -2.31. The lowest BCUT2D eigenvalue weighted by molar-refractivity contribution is -0.118. The smallest absolute Gasteiger partial charge is 0.246 e. The van der Waals surface area contributed by atoms with Crippen molar-refractivity contribution in [1.82, 2.24) is 10.2 Å². The normalized spacial score (nSPS) is 24.3. The molecule has 4 nitrogen and oxygen atoms in total. The van der Waals surface area contributed by atoms with Crippen LogP contribution in [0.15, 0.2) is 18.2 Å². The minimum Gasteiger partial charge on any atom is -0.324 e. The maximum Gasteiger partial charge on any atom is 0.246 e. The predicted molar refractivity (Wildman–Crippen MR) is 71.4 cm³/mol. The standard InChI is InChI=1S/C14H18FN3O/c1-18-6-4-10(5-7-18)16-13-11-8-9(15)2-3-12(11)17-14(13)19/h2-3,8,10,13,16H,4-7H2,1H3,(H,17,19). The molecule has 0 bridgehead atoms. The Balaban J connectivity index is 1.75. The topological polar surface area (TPSA) is 44.4 Å². The first-order chi connectivity index (χ1) is 9.13. The second-order valence-electron chi connectivity index (χ2n) is 5.40. The van der Waals surface area contributed by atoms with E-state index >= 15 is 0 Å². The summed E-state index contributed by atoms with van der Waals surface area (Å²) < 4.78 is 13.3. The van der Waals surface area contributed by atoms with Crippen molar-refractivity contribution in [3.05, 3.63) is 29.6 Å². The molecule has 0 aromatic heterocycles. The molecular weight excluding hydrogens is 245 g/mol. The highest BCUT2D eigenvalue weighted by Crippen LogP contribution is 2.32. The molecule has 0 spiro atoms. The largest absolute Gasteiger partial charge is 0.324 e. The van der Waals surface area contributed by atoms with E-state index < -0.39 is 6.04 Å². The van der Waals surface area contributed by atoms with Crippen molar-refractivity contribution >= 4 is 11.6 Å². The maximum absolute atomic E-state index is 13.3. The molecule has 1 unspecified atom stereocenters. The van der Waals surface area contributed by atoms with Gasteiger partial charge in [-0.15, -0.1) is 0 Å². The summed E-state index contributed by atoms with van der Waals surface area (Å²) in [4.78, 5) is 14.3. The third kappa shape index (κ3) is 2.48. The van der Waals surface area contributed by atoms with Gasteiger partial charge in [0.05, 0.1) is 0 Å². The zero-order chi connectivity index (χ0) is 13.4. The molecule has 2 aliphatic rings. The number of piperidine rings is 1. The van der Waals surface area contributed by atoms with Gasteiger partial charge in [-0.3, -0.25) is 10.1 Å². The van der Waals surface area contributed by atoms with Crippen LogP contribution in [-0.4, -0.2) is 37.0 Å². The summed E-state index contributed by atoms with van der Waals surface area (Å²) in [6.07, 6.45) is 2.04. The van der Waals surface area contributed by atoms with E-state index in [2.05, 4.69) is 22.6 Å². The molecule has 2 heterocycles. The maximum atomic E-state index is 13.3. The van der Waals surface area contributed by atoms with Crippen molar-refractivity contribution in [2.45, 2.75) is 24.9 Å². The van der Waals surface area contributed by atoms with Crippen LogP contribution in [0.1, 0.15) is 24.4 Å². The first kappa shape index (κ1) is 12.6. The molecule has 1 saturated heterocycles. The summed E-state index contributed by atoms with van der Waals surface area (Å²) in [5, 5.41) is 6.16. The van der Waals surface area contributed by atoms with Crippen LogP contribution in [0.5, 0.6) is 0 Å². The number of carbonyl (C=O) groups is 1. The molecule has 0 radical (unpaired) electrons. The quantitative estimate of drug-likeness (QED) is 0.850. The molecule has 1 aromatic carbocycles. The molecule has 0 aliphatic carbocycles. The molecule has 3 rings (SSSR count). The number of nitrogens with one attached hydrogen (secondary N) is 2. The molecule has 19 heavy (non-hydrogen) atoms. The van der Waals surface area contributed by atoms with Gasteiger partial charge in [0.25, 0.3) is 0 Å². The summed E-state index contributed by atoms with van der Waals surface area (Å²) in [7, 11) is 2.10. The van der Waals surface area contributed by atoms with Gasteiger partial charge in [-0.25, -0.2) is 4.39 Å². The SMILES string of the molecule is CN1CCC(NC2C(=O)Nc3ccc(F)cc32)CC1. The number of likely N-dealkylation sites (tertiary alicyclic amines) is 1. The third-order valence-corrected chi connectivity index (χ3v) is 3.97. The first-order valence-electron chi connectivity index (χ1n) is 6.68. The molecule has 102 valence electrons. The van der Waals surface area contributed by atoms with E-state index in [9.17, 15) is 9.18 Å². The van der Waals surface area contributed by atoms with Gasteiger partial charge in [-0.05, 0) is 51.2 Å². The summed E-state index contributed by atoms with van der Waals surface area (Å²) in [5.41, 5.74) is 1.45. The van der Waals surface area contributed by atoms with E-state index in [0.717, 1.165) is 37.2 Å². The second kappa shape index (κ2) is 4.90. The monoisotopic (exact) mass is 263 g/mol. The molecular formula is C14H18FN3O. The number of carbonyl (C=O) groups excluding carboxylic acids is 1. The average Bonchev–Trinajstić information content (AvgIpc) is 2.69. The second-order valence-corrected chi connectivity index (χ2v) is 5.40. The minimum absolute atomic E-state index is 0.0838. The van der Waals surface area contributed by atoms with Gasteiger partial charge in [0.1, 0.15) is 11.9 Å². The van der Waals surface area contributed by atoms with Crippen LogP contribution < -0.4 is 10.6 Å². The molecule has 2 N–H and O–H groups in total. The zero-order valence-electron chi connectivity index (χ0n) is 10.9. The fourth-order valence-electron chi connectivity index (χ4n) is 2.81. The van der Waals surface area contributed by atoms with Crippen LogP contribution in [-0.2, 0) is 4.79 Å². The molecule has 0 saturated carbocycles. The Morgan fingerprint density at radius 3 is 2.84 bits per heavy atom. The van der Waals surface area contributed by atoms with Gasteiger partial charge in [-0.2, -0.15) is 0 Å². The van der Waals surface area contributed by atoms with Crippen molar-refractivity contribution in [2.24, 2.45) is 0 Å². The number of hydrogen-bond donors (Lipinski definition) is 2. The van der Waals surface area contributed by atoms with Gasteiger partial charge >= 0.3 is 0 Å². The fourth-order valence-corrected chi connectivity index (χ4v) is 2.81. The van der Waals surface area contributed by atoms with Crippen LogP contribution in [0.3, 0.4) is 0 Å². The molecule has 2 aliphatic heterocycles. The predicted octanol–water partition coefficient (Wildman–Crippen LogP) is 1.50. The molecule has 1 aromatic rings. The lowest BCUT2D eigenvalue weighted by Crippen LogP contribution is -2.43. The Morgan fingerprint density at radius 2 is 2.11 bits per heavy atom. The van der Waals surface area contributed by atoms with Crippen LogP contribution in [0.2, 0.25) is 0 Å². The minimum atomic E-state index is -0.417. The van der Waals surface area contributed by atoms with E-state index in [1.54, 1.807) is 6.07 Å². The van der Waals surface area contributed by atoms with Gasteiger partial charge < -0.3 is 10.2 Å². The van der Waals surface area contributed by atoms with E-state index in [1.807, 2.05) is 0 Å². The summed E-state index contributed by atoms with van der Waals surface area (Å²) in [6, 6.07) is 4.34. The average molecular weight is 263 g/mol. The zero-order valence-corrected chi connectivity index (χ0v) is 10.9. The summed E-state index contributed by atoms with van der Waals surface area (Å²) in [5.74, 6) is -0.384. The Morgan fingerprint density at radius 1 is 1.37 bits per heavy atom. The fraction of sp³-hybridized carbons (Fsp3) is 0.500. The van der Waals surface area contributed by atoms with Gasteiger partial charge in [0.15, 0.2) is 0 Å². The van der Waals surface area contributed by atoms with Crippen molar-refractivity contribution in [3.63, 3.8) is 0 Å². The lowest BCUT2D eigenvalue weighted by atomic mass is 10.0. The van der Waals surface area contributed by atoms with Crippen LogP contribution in [0.4, 0.5) is 10.1 Å². The third-order valence-electron chi connectivity index (χ3n) is 3.97. The number of rotatable bonds is 2. The Kier molecular flexibility index (Phi) is 3.24. The Labute approximate surface area is 112 Å². The highest BCUT2D eigenvalue weighted by Gasteiger charge is 2.33. The first-order valence-corrected chi connectivity index (χ1v) is 6.68. The van der Waals surface area contributed by atoms with Crippen molar-refractivity contribution in [2.75, 3.05) is 25.5 Å². The number of amides is 1. The van der Waals surface area contributed by atoms with E-state index in [1.165, 1.54) is 12.1 Å². The van der Waals surface area contributed by atoms with Crippen LogP contribution in [0.25, 0.3) is 0 Å². The van der Waals surface area contributed by atoms with E-state index in [0.29, 0.717) is 6.04 Å². The number of hydrogen-bond acceptors (Lipinski definition) is 3. The Hall–Kier alpha value is -1.46. The number of fused-ring (bicyclic) bond motifs is 1. The molecule has 1 atom stereocenters. The van der Waals surface area contributed by atoms with Crippen molar-refractivity contribution in [1.29, 1.82) is 0 Å². The van der Waals surface area contributed by atoms with Crippen molar-refractivity contribution in [3.8, 4) is 0 Å². The highest BCUT2D eigenvalue weighted by atomic mass is 19.1. The number of anilines is 1. The number of nitrogens with zero attached hydrogens (tertiary/aromatic N) is 1. The van der Waals surface area contributed by atoms with Gasteiger partial charge in [0, 0.05) is 17.3 Å². The van der Waals surface area contributed by atoms with E-state index in [-0.39, 0.29) is 11.7 Å². The Bertz CT molecular complexity index is 497. The van der Waals surface area contributed by atoms with Crippen LogP contribution in [0, 0.1) is 5.82 Å². The highest BCUT2D eigenvalue weighted by molar-refractivity contribution is 6.02. The van der Waals surface area contributed by atoms with Crippen molar-refractivity contribution < 1.29 is 9.18 Å². The summed E-state index contributed by atoms with van der Waals surface area (Å²) >= 11 is 0. The number of halogens is 1. The molecule has 1 fully saturated rings. The van der Waals surface area contributed by atoms with Gasteiger partial charge in [-0.1, -0.05) is 0 Å². The number of benzene rings is 1. The molecule has 5 heteroatoms. The summed E-state index contributed by atoms with van der Waals surface area (Å²) in [6.45, 7) is 2.06. The van der Waals surface area contributed by atoms with Gasteiger partial charge in [0.2, 0.25) is 5.91 Å². The van der Waals surface area contributed by atoms with E-state index in [4.69, 9.17) is 0 Å². The molecule has 1 amide bonds.